The number of β-amino-alcohol motifs (C(OH)–C–C–N with tert-alkyl or cyclic N) is 1. The second kappa shape index (κ2) is 6.31. The molecular weight excluding hydrogens is 320 g/mol. The third-order valence-electron chi connectivity index (χ3n) is 5.12. The van der Waals surface area contributed by atoms with Crippen LogP contribution in [-0.4, -0.2) is 52.6 Å². The fourth-order valence-electron chi connectivity index (χ4n) is 3.83. The van der Waals surface area contributed by atoms with Crippen LogP contribution >= 0.6 is 11.3 Å². The Morgan fingerprint density at radius 2 is 2.04 bits per heavy atom. The Morgan fingerprint density at radius 3 is 2.83 bits per heavy atom. The van der Waals surface area contributed by atoms with Crippen LogP contribution in [0.3, 0.4) is 0 Å². The van der Waals surface area contributed by atoms with Gasteiger partial charge in [-0.2, -0.15) is 11.3 Å². The van der Waals surface area contributed by atoms with Gasteiger partial charge in [-0.1, -0.05) is 24.3 Å². The van der Waals surface area contributed by atoms with E-state index in [2.05, 4.69) is 29.2 Å². The first-order valence-corrected chi connectivity index (χ1v) is 9.40. The van der Waals surface area contributed by atoms with E-state index in [4.69, 9.17) is 0 Å². The number of carbonyl (C=O) groups excluding carboxylic acids is 1. The number of amides is 1. The second-order valence-corrected chi connectivity index (χ2v) is 7.72. The molecule has 1 amide bonds. The quantitative estimate of drug-likeness (QED) is 0.931. The zero-order valence-electron chi connectivity index (χ0n) is 13.6. The lowest BCUT2D eigenvalue weighted by Crippen LogP contribution is -2.47. The molecule has 1 N–H and O–H groups in total. The number of thiophene rings is 1. The number of likely N-dealkylation sites (tertiary alicyclic amines) is 1. The summed E-state index contributed by atoms with van der Waals surface area (Å²) in [6, 6.07) is 10.4. The number of hydrogen-bond acceptors (Lipinski definition) is 4. The fourth-order valence-corrected chi connectivity index (χ4v) is 4.46. The van der Waals surface area contributed by atoms with Gasteiger partial charge in [-0.15, -0.1) is 0 Å². The molecule has 1 aromatic carbocycles. The van der Waals surface area contributed by atoms with Crippen LogP contribution in [0.1, 0.15) is 27.9 Å². The maximum Gasteiger partial charge on any atom is 0.254 e. The van der Waals surface area contributed by atoms with Crippen molar-refractivity contribution in [2.24, 2.45) is 0 Å². The van der Waals surface area contributed by atoms with Gasteiger partial charge >= 0.3 is 0 Å². The third kappa shape index (κ3) is 3.11. The Morgan fingerprint density at radius 1 is 1.21 bits per heavy atom. The number of rotatable bonds is 3. The predicted octanol–water partition coefficient (Wildman–Crippen LogP) is 2.38. The van der Waals surface area contributed by atoms with Crippen LogP contribution in [-0.2, 0) is 13.0 Å². The number of carbonyl (C=O) groups is 1. The summed E-state index contributed by atoms with van der Waals surface area (Å²) < 4.78 is 0. The van der Waals surface area contributed by atoms with Crippen LogP contribution < -0.4 is 0 Å². The second-order valence-electron chi connectivity index (χ2n) is 6.94. The van der Waals surface area contributed by atoms with Crippen LogP contribution in [0.5, 0.6) is 0 Å². The number of aliphatic hydroxyl groups is 1. The van der Waals surface area contributed by atoms with Gasteiger partial charge in [0.1, 0.15) is 0 Å². The summed E-state index contributed by atoms with van der Waals surface area (Å²) in [7, 11) is 0. The van der Waals surface area contributed by atoms with Crippen LogP contribution in [0.2, 0.25) is 0 Å². The van der Waals surface area contributed by atoms with E-state index in [-0.39, 0.29) is 5.91 Å². The zero-order valence-corrected chi connectivity index (χ0v) is 14.5. The normalized spacial score (nSPS) is 24.1. The highest BCUT2D eigenvalue weighted by Gasteiger charge is 2.40. The van der Waals surface area contributed by atoms with Crippen molar-refractivity contribution in [2.75, 3.05) is 26.2 Å². The summed E-state index contributed by atoms with van der Waals surface area (Å²) in [5.74, 6) is 0.0381. The molecule has 24 heavy (non-hydrogen) atoms. The molecule has 4 nitrogen and oxygen atoms in total. The number of benzene rings is 1. The van der Waals surface area contributed by atoms with Crippen molar-refractivity contribution in [3.05, 3.63) is 57.8 Å². The lowest BCUT2D eigenvalue weighted by atomic mass is 9.97. The molecule has 0 saturated carbocycles. The van der Waals surface area contributed by atoms with Gasteiger partial charge in [-0.05, 0) is 35.4 Å². The Balaban J connectivity index is 1.40. The van der Waals surface area contributed by atoms with Crippen molar-refractivity contribution in [3.63, 3.8) is 0 Å². The van der Waals surface area contributed by atoms with Crippen LogP contribution in [0.25, 0.3) is 0 Å². The summed E-state index contributed by atoms with van der Waals surface area (Å²) in [4.78, 5) is 16.6. The zero-order chi connectivity index (χ0) is 16.6. The molecule has 1 saturated heterocycles. The topological polar surface area (TPSA) is 43.8 Å². The number of nitrogens with zero attached hydrogens (tertiary/aromatic N) is 2. The lowest BCUT2D eigenvalue weighted by Gasteiger charge is -2.34. The summed E-state index contributed by atoms with van der Waals surface area (Å²) in [5.41, 5.74) is 2.71. The van der Waals surface area contributed by atoms with Gasteiger partial charge in [-0.25, -0.2) is 0 Å². The van der Waals surface area contributed by atoms with E-state index in [1.54, 1.807) is 4.90 Å². The summed E-state index contributed by atoms with van der Waals surface area (Å²) >= 11 is 1.53. The maximum atomic E-state index is 12.5. The molecule has 2 aliphatic heterocycles. The molecule has 126 valence electrons. The van der Waals surface area contributed by atoms with Gasteiger partial charge < -0.3 is 10.0 Å². The van der Waals surface area contributed by atoms with Gasteiger partial charge in [0, 0.05) is 31.6 Å². The molecule has 4 rings (SSSR count). The molecule has 1 atom stereocenters. The first-order chi connectivity index (χ1) is 11.6. The van der Waals surface area contributed by atoms with Gasteiger partial charge in [-0.3, -0.25) is 9.69 Å². The van der Waals surface area contributed by atoms with Crippen molar-refractivity contribution >= 4 is 17.2 Å². The van der Waals surface area contributed by atoms with Gasteiger partial charge in [0.2, 0.25) is 0 Å². The number of fused-ring (bicyclic) bond motifs is 1. The van der Waals surface area contributed by atoms with E-state index < -0.39 is 5.60 Å². The van der Waals surface area contributed by atoms with E-state index in [1.807, 2.05) is 16.8 Å². The molecule has 0 radical (unpaired) electrons. The molecule has 5 heteroatoms. The summed E-state index contributed by atoms with van der Waals surface area (Å²) in [6.07, 6.45) is 1.69. The molecule has 0 spiro atoms. The SMILES string of the molecule is O=C(c1ccsc1)N1CC[C@](O)(CN2CCc3ccccc3C2)C1. The molecule has 2 aliphatic rings. The molecule has 0 unspecified atom stereocenters. The first kappa shape index (κ1) is 15.8. The minimum atomic E-state index is -0.794. The van der Waals surface area contributed by atoms with Crippen molar-refractivity contribution in [1.82, 2.24) is 9.80 Å². The molecule has 1 aromatic heterocycles. The van der Waals surface area contributed by atoms with Gasteiger partial charge in [0.05, 0.1) is 17.7 Å². The minimum absolute atomic E-state index is 0.0381. The number of hydrogen-bond donors (Lipinski definition) is 1. The average Bonchev–Trinajstić information content (AvgIpc) is 3.24. The van der Waals surface area contributed by atoms with E-state index in [1.165, 1.54) is 22.5 Å². The van der Waals surface area contributed by atoms with Crippen LogP contribution in [0.15, 0.2) is 41.1 Å². The standard InChI is InChI=1S/C19H22N2O2S/c22-18(17-6-10-24-12-17)21-9-7-19(23,14-21)13-20-8-5-15-3-1-2-4-16(15)11-20/h1-4,6,10,12,23H,5,7-9,11,13-14H2/t19-/m0/s1. The average molecular weight is 342 g/mol. The van der Waals surface area contributed by atoms with Gasteiger partial charge in [0.25, 0.3) is 5.91 Å². The van der Waals surface area contributed by atoms with Crippen molar-refractivity contribution < 1.29 is 9.90 Å². The lowest BCUT2D eigenvalue weighted by molar-refractivity contribution is 0.00806. The predicted molar refractivity (Wildman–Crippen MR) is 95.2 cm³/mol. The van der Waals surface area contributed by atoms with Gasteiger partial charge in [0.15, 0.2) is 0 Å². The molecule has 1 fully saturated rings. The summed E-state index contributed by atoms with van der Waals surface area (Å²) in [6.45, 7) is 3.55. The maximum absolute atomic E-state index is 12.5. The van der Waals surface area contributed by atoms with E-state index in [0.717, 1.165) is 25.1 Å². The fraction of sp³-hybridized carbons (Fsp3) is 0.421. The van der Waals surface area contributed by atoms with E-state index in [9.17, 15) is 9.90 Å². The molecule has 3 heterocycles. The molecular formula is C19H22N2O2S. The van der Waals surface area contributed by atoms with Crippen molar-refractivity contribution in [2.45, 2.75) is 25.0 Å². The smallest absolute Gasteiger partial charge is 0.254 e. The molecule has 2 aromatic rings. The highest BCUT2D eigenvalue weighted by molar-refractivity contribution is 7.08. The van der Waals surface area contributed by atoms with Crippen molar-refractivity contribution in [3.8, 4) is 0 Å². The highest BCUT2D eigenvalue weighted by Crippen LogP contribution is 2.27. The van der Waals surface area contributed by atoms with Crippen LogP contribution in [0, 0.1) is 0 Å². The highest BCUT2D eigenvalue weighted by atomic mass is 32.1. The molecule has 0 bridgehead atoms. The largest absolute Gasteiger partial charge is 0.387 e. The van der Waals surface area contributed by atoms with E-state index >= 15 is 0 Å². The Bertz CT molecular complexity index is 731. The molecule has 0 aliphatic carbocycles. The summed E-state index contributed by atoms with van der Waals surface area (Å²) in [5, 5.41) is 14.8. The third-order valence-corrected chi connectivity index (χ3v) is 5.80. The van der Waals surface area contributed by atoms with E-state index in [0.29, 0.717) is 26.1 Å². The first-order valence-electron chi connectivity index (χ1n) is 8.46. The monoisotopic (exact) mass is 342 g/mol. The Hall–Kier alpha value is -1.69. The Kier molecular flexibility index (Phi) is 4.16. The van der Waals surface area contributed by atoms with Crippen molar-refractivity contribution in [1.29, 1.82) is 0 Å². The Labute approximate surface area is 146 Å². The van der Waals surface area contributed by atoms with Crippen LogP contribution in [0.4, 0.5) is 0 Å². The minimum Gasteiger partial charge on any atom is -0.387 e.